The average molecular weight is 486 g/mol. The summed E-state index contributed by atoms with van der Waals surface area (Å²) in [7, 11) is 0. The SMILES string of the molecule is NCCNC(=O)NC(NC(=O)c1ccccc1)C1CCN(C(c2ccccc2)c2ccccc2)CC1. The number of hydrogen-bond donors (Lipinski definition) is 4. The summed E-state index contributed by atoms with van der Waals surface area (Å²) in [6, 6.07) is 30.0. The second kappa shape index (κ2) is 12.9. The van der Waals surface area contributed by atoms with Crippen molar-refractivity contribution in [1.82, 2.24) is 20.9 Å². The normalized spacial score (nSPS) is 15.3. The monoisotopic (exact) mass is 485 g/mol. The Hall–Kier alpha value is -3.68. The van der Waals surface area contributed by atoms with Gasteiger partial charge in [0.1, 0.15) is 6.17 Å². The molecule has 0 aliphatic carbocycles. The molecule has 1 heterocycles. The fourth-order valence-electron chi connectivity index (χ4n) is 4.86. The van der Waals surface area contributed by atoms with Crippen molar-refractivity contribution in [1.29, 1.82) is 0 Å². The van der Waals surface area contributed by atoms with E-state index in [1.807, 2.05) is 30.3 Å². The summed E-state index contributed by atoms with van der Waals surface area (Å²) in [5, 5.41) is 8.78. The topological polar surface area (TPSA) is 99.5 Å². The summed E-state index contributed by atoms with van der Waals surface area (Å²) in [6.07, 6.45) is 1.20. The second-order valence-corrected chi connectivity index (χ2v) is 9.10. The van der Waals surface area contributed by atoms with Crippen molar-refractivity contribution in [3.05, 3.63) is 108 Å². The van der Waals surface area contributed by atoms with Crippen LogP contribution in [-0.2, 0) is 0 Å². The minimum absolute atomic E-state index is 0.102. The van der Waals surface area contributed by atoms with Gasteiger partial charge in [0.15, 0.2) is 0 Å². The lowest BCUT2D eigenvalue weighted by Crippen LogP contribution is -2.57. The van der Waals surface area contributed by atoms with Crippen LogP contribution in [0.1, 0.15) is 40.4 Å². The van der Waals surface area contributed by atoms with Crippen LogP contribution in [0.2, 0.25) is 0 Å². The van der Waals surface area contributed by atoms with E-state index in [0.717, 1.165) is 25.9 Å². The molecular formula is C29H35N5O2. The van der Waals surface area contributed by atoms with Gasteiger partial charge in [0.25, 0.3) is 5.91 Å². The van der Waals surface area contributed by atoms with Crippen LogP contribution < -0.4 is 21.7 Å². The van der Waals surface area contributed by atoms with Crippen molar-refractivity contribution >= 4 is 11.9 Å². The Kier molecular flexibility index (Phi) is 9.08. The maximum Gasteiger partial charge on any atom is 0.316 e. The van der Waals surface area contributed by atoms with Gasteiger partial charge in [0.2, 0.25) is 0 Å². The van der Waals surface area contributed by atoms with Gasteiger partial charge in [-0.05, 0) is 49.2 Å². The van der Waals surface area contributed by atoms with E-state index in [-0.39, 0.29) is 23.9 Å². The molecule has 1 fully saturated rings. The quantitative estimate of drug-likeness (QED) is 0.349. The first-order valence-electron chi connectivity index (χ1n) is 12.6. The van der Waals surface area contributed by atoms with Crippen molar-refractivity contribution in [2.24, 2.45) is 11.7 Å². The number of carbonyl (C=O) groups is 2. The lowest BCUT2D eigenvalue weighted by molar-refractivity contribution is 0.0859. The number of amides is 3. The van der Waals surface area contributed by atoms with Crippen molar-refractivity contribution < 1.29 is 9.59 Å². The van der Waals surface area contributed by atoms with E-state index in [1.54, 1.807) is 12.1 Å². The molecule has 7 heteroatoms. The molecule has 188 valence electrons. The number of nitrogens with two attached hydrogens (primary N) is 1. The molecule has 5 N–H and O–H groups in total. The highest BCUT2D eigenvalue weighted by Gasteiger charge is 2.32. The number of nitrogens with zero attached hydrogens (tertiary/aromatic N) is 1. The van der Waals surface area contributed by atoms with Crippen LogP contribution in [0.15, 0.2) is 91.0 Å². The van der Waals surface area contributed by atoms with Gasteiger partial charge in [-0.1, -0.05) is 78.9 Å². The fraction of sp³-hybridized carbons (Fsp3) is 0.310. The minimum atomic E-state index is -0.482. The molecule has 1 saturated heterocycles. The van der Waals surface area contributed by atoms with Gasteiger partial charge in [0, 0.05) is 24.6 Å². The van der Waals surface area contributed by atoms with Gasteiger partial charge in [-0.25, -0.2) is 4.79 Å². The van der Waals surface area contributed by atoms with Crippen LogP contribution in [-0.4, -0.2) is 49.2 Å². The number of piperidine rings is 1. The Bertz CT molecular complexity index is 1050. The van der Waals surface area contributed by atoms with Crippen molar-refractivity contribution in [2.45, 2.75) is 25.0 Å². The van der Waals surface area contributed by atoms with Gasteiger partial charge in [0.05, 0.1) is 6.04 Å². The molecule has 1 aliphatic rings. The highest BCUT2D eigenvalue weighted by atomic mass is 16.2. The molecule has 0 aromatic heterocycles. The highest BCUT2D eigenvalue weighted by molar-refractivity contribution is 5.94. The van der Waals surface area contributed by atoms with Crippen molar-refractivity contribution in [3.8, 4) is 0 Å². The first-order chi connectivity index (χ1) is 17.7. The summed E-state index contributed by atoms with van der Waals surface area (Å²) in [5.74, 6) is -0.0988. The van der Waals surface area contributed by atoms with Crippen LogP contribution in [0, 0.1) is 5.92 Å². The predicted octanol–water partition coefficient (Wildman–Crippen LogP) is 3.50. The minimum Gasteiger partial charge on any atom is -0.337 e. The molecule has 36 heavy (non-hydrogen) atoms. The molecule has 3 amide bonds. The molecular weight excluding hydrogens is 450 g/mol. The number of benzene rings is 3. The molecule has 0 spiro atoms. The summed E-state index contributed by atoms with van der Waals surface area (Å²) < 4.78 is 0. The van der Waals surface area contributed by atoms with Gasteiger partial charge in [-0.2, -0.15) is 0 Å². The van der Waals surface area contributed by atoms with Crippen LogP contribution >= 0.6 is 0 Å². The number of carbonyl (C=O) groups excluding carboxylic acids is 2. The summed E-state index contributed by atoms with van der Waals surface area (Å²) in [5.41, 5.74) is 8.62. The third kappa shape index (κ3) is 6.71. The first kappa shape index (κ1) is 25.4. The molecule has 1 unspecified atom stereocenters. The van der Waals surface area contributed by atoms with Crippen LogP contribution in [0.3, 0.4) is 0 Å². The number of nitrogens with one attached hydrogen (secondary N) is 3. The van der Waals surface area contributed by atoms with Crippen molar-refractivity contribution in [3.63, 3.8) is 0 Å². The first-order valence-corrected chi connectivity index (χ1v) is 12.6. The van der Waals surface area contributed by atoms with E-state index in [0.29, 0.717) is 18.7 Å². The Morgan fingerprint density at radius 2 is 1.33 bits per heavy atom. The Balaban J connectivity index is 1.48. The molecule has 4 rings (SSSR count). The Labute approximate surface area is 213 Å². The summed E-state index contributed by atoms with van der Waals surface area (Å²) in [4.78, 5) is 27.9. The molecule has 1 aliphatic heterocycles. The number of rotatable bonds is 9. The van der Waals surface area contributed by atoms with Gasteiger partial charge in [-0.3, -0.25) is 9.69 Å². The standard InChI is InChI=1S/C29H35N5O2/c30-18-19-31-29(36)33-27(32-28(35)25-14-8-3-9-15-25)24-16-20-34(21-17-24)26(22-10-4-1-5-11-22)23-12-6-2-7-13-23/h1-15,24,26-27H,16-21,30H2,(H,32,35)(H2,31,33,36). The van der Waals surface area contributed by atoms with E-state index in [4.69, 9.17) is 5.73 Å². The summed E-state index contributed by atoms with van der Waals surface area (Å²) in [6.45, 7) is 2.43. The lowest BCUT2D eigenvalue weighted by Gasteiger charge is -2.40. The van der Waals surface area contributed by atoms with Crippen molar-refractivity contribution in [2.75, 3.05) is 26.2 Å². The van der Waals surface area contributed by atoms with Gasteiger partial charge < -0.3 is 21.7 Å². The lowest BCUT2D eigenvalue weighted by atomic mass is 9.89. The number of hydrogen-bond acceptors (Lipinski definition) is 4. The van der Waals surface area contributed by atoms with Crippen LogP contribution in [0.4, 0.5) is 4.79 Å². The second-order valence-electron chi connectivity index (χ2n) is 9.10. The van der Waals surface area contributed by atoms with E-state index in [2.05, 4.69) is 69.4 Å². The molecule has 1 atom stereocenters. The van der Waals surface area contributed by atoms with E-state index >= 15 is 0 Å². The Morgan fingerprint density at radius 1 is 0.806 bits per heavy atom. The molecule has 0 bridgehead atoms. The smallest absolute Gasteiger partial charge is 0.316 e. The fourth-order valence-corrected chi connectivity index (χ4v) is 4.86. The molecule has 3 aromatic carbocycles. The number of likely N-dealkylation sites (tertiary alicyclic amines) is 1. The van der Waals surface area contributed by atoms with E-state index in [1.165, 1.54) is 11.1 Å². The zero-order valence-corrected chi connectivity index (χ0v) is 20.5. The maximum absolute atomic E-state index is 12.9. The van der Waals surface area contributed by atoms with Crippen LogP contribution in [0.25, 0.3) is 0 Å². The largest absolute Gasteiger partial charge is 0.337 e. The molecule has 7 nitrogen and oxygen atoms in total. The third-order valence-electron chi connectivity index (χ3n) is 6.68. The molecule has 3 aromatic rings. The highest BCUT2D eigenvalue weighted by Crippen LogP contribution is 2.33. The zero-order valence-electron chi connectivity index (χ0n) is 20.5. The number of urea groups is 1. The average Bonchev–Trinajstić information content (AvgIpc) is 2.94. The van der Waals surface area contributed by atoms with E-state index < -0.39 is 6.17 Å². The maximum atomic E-state index is 12.9. The Morgan fingerprint density at radius 3 is 1.86 bits per heavy atom. The van der Waals surface area contributed by atoms with Gasteiger partial charge in [-0.15, -0.1) is 0 Å². The molecule has 0 radical (unpaired) electrons. The summed E-state index contributed by atoms with van der Waals surface area (Å²) >= 11 is 0. The zero-order chi connectivity index (χ0) is 25.2. The van der Waals surface area contributed by atoms with E-state index in [9.17, 15) is 9.59 Å². The van der Waals surface area contributed by atoms with Crippen LogP contribution in [0.5, 0.6) is 0 Å². The van der Waals surface area contributed by atoms with Gasteiger partial charge >= 0.3 is 6.03 Å². The third-order valence-corrected chi connectivity index (χ3v) is 6.68. The molecule has 0 saturated carbocycles. The predicted molar refractivity (Wildman–Crippen MR) is 142 cm³/mol.